The molecule has 426 valence electrons. The van der Waals surface area contributed by atoms with Gasteiger partial charge in [-0.25, -0.2) is 17.6 Å². The highest BCUT2D eigenvalue weighted by Crippen LogP contribution is 2.46. The van der Waals surface area contributed by atoms with Gasteiger partial charge in [-0.15, -0.1) is 0 Å². The normalized spacial score (nSPS) is 26.7. The first-order chi connectivity index (χ1) is 37.4. The predicted molar refractivity (Wildman–Crippen MR) is 308 cm³/mol. The SMILES string of the molecule is CCCC1CCC(C2CC=C(c3ccc(C)c(F)c3F)CC2)CC1.CCCC1CCC(C2CC=C(c3ccc(OCC)c(F)c3F)CC2)CC1.CCCCC1CCC(C2CC=C(c3ccc(OCC)c(F)c3F)CC2)CC1. The first-order valence-electron chi connectivity index (χ1n) is 31.1. The van der Waals surface area contributed by atoms with Gasteiger partial charge in [-0.05, 0) is 217 Å². The molecule has 0 spiro atoms. The first-order valence-corrected chi connectivity index (χ1v) is 31.1. The fourth-order valence-electron chi connectivity index (χ4n) is 14.7. The number of aryl methyl sites for hydroxylation is 1. The molecule has 0 bridgehead atoms. The van der Waals surface area contributed by atoms with Gasteiger partial charge < -0.3 is 9.47 Å². The van der Waals surface area contributed by atoms with Gasteiger partial charge in [0.25, 0.3) is 0 Å². The molecular weight excluding hydrogens is 975 g/mol. The Hall–Kier alpha value is -3.94. The van der Waals surface area contributed by atoms with E-state index in [-0.39, 0.29) is 11.5 Å². The summed E-state index contributed by atoms with van der Waals surface area (Å²) in [5.41, 5.74) is 4.61. The summed E-state index contributed by atoms with van der Waals surface area (Å²) >= 11 is 0. The molecule has 0 saturated heterocycles. The Kier molecular flexibility index (Phi) is 24.1. The van der Waals surface area contributed by atoms with E-state index in [1.54, 1.807) is 57.2 Å². The van der Waals surface area contributed by atoms with Crippen LogP contribution in [0.1, 0.15) is 237 Å². The Morgan fingerprint density at radius 2 is 0.701 bits per heavy atom. The number of allylic oxidation sites excluding steroid dienone is 6. The van der Waals surface area contributed by atoms with Crippen molar-refractivity contribution >= 4 is 16.7 Å². The van der Waals surface area contributed by atoms with Crippen LogP contribution in [0.4, 0.5) is 26.3 Å². The highest BCUT2D eigenvalue weighted by molar-refractivity contribution is 5.69. The highest BCUT2D eigenvalue weighted by atomic mass is 19.2. The average molecular weight is 1070 g/mol. The number of halogens is 6. The van der Waals surface area contributed by atoms with Gasteiger partial charge in [-0.3, -0.25) is 0 Å². The van der Waals surface area contributed by atoms with E-state index >= 15 is 0 Å². The lowest BCUT2D eigenvalue weighted by Crippen LogP contribution is -2.23. The molecule has 6 aliphatic carbocycles. The van der Waals surface area contributed by atoms with E-state index < -0.39 is 34.9 Å². The molecule has 0 N–H and O–H groups in total. The zero-order valence-electron chi connectivity index (χ0n) is 48.2. The van der Waals surface area contributed by atoms with Crippen LogP contribution in [-0.2, 0) is 0 Å². The molecule has 0 aromatic heterocycles. The van der Waals surface area contributed by atoms with Crippen molar-refractivity contribution in [2.24, 2.45) is 53.3 Å². The van der Waals surface area contributed by atoms with Gasteiger partial charge in [0.1, 0.15) is 0 Å². The molecule has 77 heavy (non-hydrogen) atoms. The Balaban J connectivity index is 0.000000168. The van der Waals surface area contributed by atoms with E-state index in [4.69, 9.17) is 9.47 Å². The maximum Gasteiger partial charge on any atom is 0.201 e. The molecule has 0 aliphatic heterocycles. The van der Waals surface area contributed by atoms with E-state index in [2.05, 4.69) is 39.0 Å². The van der Waals surface area contributed by atoms with E-state index in [1.807, 2.05) is 0 Å². The third-order valence-electron chi connectivity index (χ3n) is 19.4. The van der Waals surface area contributed by atoms with Crippen LogP contribution in [0, 0.1) is 95.1 Å². The molecule has 8 heteroatoms. The average Bonchev–Trinajstić information content (AvgIpc) is 3.47. The summed E-state index contributed by atoms with van der Waals surface area (Å²) in [6.45, 7) is 12.7. The van der Waals surface area contributed by atoms with Crippen molar-refractivity contribution in [3.05, 3.63) is 112 Å². The standard InChI is InChI=1S/C24H34F2O.C23H32F2O.C22H30F2/c1-3-5-6-17-7-9-18(10-8-17)19-11-13-20(14-12-19)21-15-16-22(27-4-2)24(26)23(21)25;1-3-5-16-6-8-17(9-7-16)18-10-12-19(13-11-18)20-14-15-21(26-4-2)23(25)22(20)24;1-3-4-16-6-8-17(9-7-16)18-10-12-19(13-11-18)20-14-5-15(2)21(23)22(20)24/h13,15-19H,3-12,14H2,1-2H3;12,14-18H,3-11,13H2,1-2H3;5,12,14,16-18H,3-4,6-11,13H2,1-2H3. The van der Waals surface area contributed by atoms with E-state index in [0.29, 0.717) is 35.5 Å². The zero-order chi connectivity index (χ0) is 54.8. The number of hydrogen-bond donors (Lipinski definition) is 0. The largest absolute Gasteiger partial charge is 0.491 e. The summed E-state index contributed by atoms with van der Waals surface area (Å²) in [5.74, 6) is 2.91. The smallest absolute Gasteiger partial charge is 0.201 e. The van der Waals surface area contributed by atoms with E-state index in [0.717, 1.165) is 128 Å². The Morgan fingerprint density at radius 1 is 0.364 bits per heavy atom. The number of rotatable bonds is 17. The van der Waals surface area contributed by atoms with Gasteiger partial charge in [0.05, 0.1) is 13.2 Å². The highest BCUT2D eigenvalue weighted by Gasteiger charge is 2.33. The molecule has 3 aromatic rings. The third kappa shape index (κ3) is 16.4. The molecule has 3 fully saturated rings. The van der Waals surface area contributed by atoms with Crippen molar-refractivity contribution < 1.29 is 35.8 Å². The molecule has 6 aliphatic rings. The number of benzene rings is 3. The van der Waals surface area contributed by atoms with Crippen molar-refractivity contribution in [2.75, 3.05) is 13.2 Å². The topological polar surface area (TPSA) is 18.5 Å². The zero-order valence-corrected chi connectivity index (χ0v) is 48.2. The molecule has 9 rings (SSSR count). The molecule has 3 saturated carbocycles. The van der Waals surface area contributed by atoms with Crippen molar-refractivity contribution in [1.29, 1.82) is 0 Å². The number of unbranched alkanes of at least 4 members (excludes halogenated alkanes) is 1. The second kappa shape index (κ2) is 30.6. The summed E-state index contributed by atoms with van der Waals surface area (Å²) in [6, 6.07) is 9.90. The molecule has 0 radical (unpaired) electrons. The van der Waals surface area contributed by atoms with Gasteiger partial charge in [-0.2, -0.15) is 8.78 Å². The minimum absolute atomic E-state index is 0.00637. The Bertz CT molecular complexity index is 2400. The van der Waals surface area contributed by atoms with Crippen molar-refractivity contribution in [3.8, 4) is 11.5 Å². The summed E-state index contributed by atoms with van der Waals surface area (Å²) in [6.07, 6.45) is 41.4. The lowest BCUT2D eigenvalue weighted by molar-refractivity contribution is 0.188. The van der Waals surface area contributed by atoms with Gasteiger partial charge in [0, 0.05) is 16.7 Å². The van der Waals surface area contributed by atoms with E-state index in [9.17, 15) is 26.3 Å². The maximum absolute atomic E-state index is 14.5. The van der Waals surface area contributed by atoms with Gasteiger partial charge in [-0.1, -0.05) is 135 Å². The Morgan fingerprint density at radius 3 is 1.01 bits per heavy atom. The third-order valence-corrected chi connectivity index (χ3v) is 19.4. The molecule has 2 nitrogen and oxygen atoms in total. The molecule has 0 heterocycles. The summed E-state index contributed by atoms with van der Waals surface area (Å²) in [7, 11) is 0. The Labute approximate surface area is 461 Å². The minimum Gasteiger partial charge on any atom is -0.491 e. The van der Waals surface area contributed by atoms with Crippen LogP contribution in [-0.4, -0.2) is 13.2 Å². The lowest BCUT2D eigenvalue weighted by Gasteiger charge is -2.35. The van der Waals surface area contributed by atoms with Crippen LogP contribution in [0.2, 0.25) is 0 Å². The fraction of sp³-hybridized carbons (Fsp3) is 0.652. The number of ether oxygens (including phenoxy) is 2. The summed E-state index contributed by atoms with van der Waals surface area (Å²) < 4.78 is 95.5. The van der Waals surface area contributed by atoms with Gasteiger partial charge in [0.2, 0.25) is 11.6 Å². The second-order valence-electron chi connectivity index (χ2n) is 24.3. The van der Waals surface area contributed by atoms with Crippen LogP contribution in [0.3, 0.4) is 0 Å². The molecule has 3 unspecified atom stereocenters. The maximum atomic E-state index is 14.5. The fourth-order valence-corrected chi connectivity index (χ4v) is 14.7. The van der Waals surface area contributed by atoms with Crippen LogP contribution in [0.15, 0.2) is 54.6 Å². The van der Waals surface area contributed by atoms with Crippen LogP contribution < -0.4 is 9.47 Å². The van der Waals surface area contributed by atoms with Gasteiger partial charge >= 0.3 is 0 Å². The van der Waals surface area contributed by atoms with Crippen LogP contribution in [0.5, 0.6) is 11.5 Å². The molecule has 0 amide bonds. The predicted octanol–water partition coefficient (Wildman–Crippen LogP) is 21.8. The number of hydrogen-bond acceptors (Lipinski definition) is 2. The quantitative estimate of drug-likeness (QED) is 0.125. The first kappa shape index (κ1) is 60.7. The van der Waals surface area contributed by atoms with E-state index in [1.165, 1.54) is 122 Å². The summed E-state index contributed by atoms with van der Waals surface area (Å²) in [4.78, 5) is 0. The monoisotopic (exact) mass is 1070 g/mol. The van der Waals surface area contributed by atoms with Gasteiger partial charge in [0.15, 0.2) is 34.8 Å². The van der Waals surface area contributed by atoms with Crippen LogP contribution in [0.25, 0.3) is 16.7 Å². The molecule has 3 aromatic carbocycles. The summed E-state index contributed by atoms with van der Waals surface area (Å²) in [5, 5.41) is 0. The molecule has 3 atom stereocenters. The molecular formula is C69H96F6O2. The minimum atomic E-state index is -0.860. The van der Waals surface area contributed by atoms with Crippen molar-refractivity contribution in [1.82, 2.24) is 0 Å². The lowest BCUT2D eigenvalue weighted by atomic mass is 9.70. The second-order valence-corrected chi connectivity index (χ2v) is 24.3. The van der Waals surface area contributed by atoms with Crippen molar-refractivity contribution in [3.63, 3.8) is 0 Å². The van der Waals surface area contributed by atoms with Crippen molar-refractivity contribution in [2.45, 2.75) is 221 Å². The van der Waals surface area contributed by atoms with Crippen LogP contribution >= 0.6 is 0 Å².